The van der Waals surface area contributed by atoms with Gasteiger partial charge in [-0.05, 0) is 63.0 Å². The van der Waals surface area contributed by atoms with Crippen molar-refractivity contribution in [2.75, 3.05) is 0 Å². The SMILES string of the molecule is CC(O)(c1cccc(Br)n1)C(O)c1cccc(Br)n1. The van der Waals surface area contributed by atoms with E-state index in [1.54, 1.807) is 36.4 Å². The third-order valence-electron chi connectivity index (χ3n) is 2.78. The Morgan fingerprint density at radius 3 is 2.21 bits per heavy atom. The quantitative estimate of drug-likeness (QED) is 0.794. The lowest BCUT2D eigenvalue weighted by Crippen LogP contribution is -2.31. The highest BCUT2D eigenvalue weighted by molar-refractivity contribution is 9.10. The molecule has 2 atom stereocenters. The van der Waals surface area contributed by atoms with Crippen molar-refractivity contribution in [2.45, 2.75) is 18.6 Å². The van der Waals surface area contributed by atoms with Gasteiger partial charge in [-0.1, -0.05) is 12.1 Å². The van der Waals surface area contributed by atoms with E-state index in [0.717, 1.165) is 0 Å². The summed E-state index contributed by atoms with van der Waals surface area (Å²) in [5.41, 5.74) is -0.783. The minimum atomic E-state index is -1.53. The molecular weight excluding hydrogens is 376 g/mol. The van der Waals surface area contributed by atoms with Crippen molar-refractivity contribution in [2.24, 2.45) is 0 Å². The maximum Gasteiger partial charge on any atom is 0.135 e. The highest BCUT2D eigenvalue weighted by Gasteiger charge is 2.36. The molecule has 0 saturated heterocycles. The molecule has 19 heavy (non-hydrogen) atoms. The molecule has 0 aromatic carbocycles. The predicted octanol–water partition coefficient (Wildman–Crippen LogP) is 2.94. The van der Waals surface area contributed by atoms with Crippen LogP contribution < -0.4 is 0 Å². The summed E-state index contributed by atoms with van der Waals surface area (Å²) in [5.74, 6) is 0. The first-order valence-corrected chi connectivity index (χ1v) is 7.16. The molecule has 2 unspecified atom stereocenters. The van der Waals surface area contributed by atoms with E-state index in [1.807, 2.05) is 0 Å². The van der Waals surface area contributed by atoms with Gasteiger partial charge in [-0.15, -0.1) is 0 Å². The number of rotatable bonds is 3. The Labute approximate surface area is 127 Å². The van der Waals surface area contributed by atoms with E-state index in [2.05, 4.69) is 41.8 Å². The molecule has 2 aromatic rings. The van der Waals surface area contributed by atoms with Crippen LogP contribution in [0.15, 0.2) is 45.6 Å². The summed E-state index contributed by atoms with van der Waals surface area (Å²) < 4.78 is 1.20. The Morgan fingerprint density at radius 1 is 1.05 bits per heavy atom. The van der Waals surface area contributed by atoms with Crippen LogP contribution in [0, 0.1) is 0 Å². The molecule has 0 fully saturated rings. The first-order valence-electron chi connectivity index (χ1n) is 5.57. The lowest BCUT2D eigenvalue weighted by atomic mass is 9.92. The van der Waals surface area contributed by atoms with Gasteiger partial charge in [-0.25, -0.2) is 9.97 Å². The Kier molecular flexibility index (Phi) is 4.35. The van der Waals surface area contributed by atoms with Crippen molar-refractivity contribution in [1.82, 2.24) is 9.97 Å². The zero-order valence-electron chi connectivity index (χ0n) is 10.1. The molecule has 2 N–H and O–H groups in total. The standard InChI is InChI=1S/C13H12Br2N2O2/c1-13(19,9-5-3-7-11(15)17-9)12(18)8-4-2-6-10(14)16-8/h2-7,12,18-19H,1H3. The summed E-state index contributed by atoms with van der Waals surface area (Å²) in [6.07, 6.45) is -1.17. The van der Waals surface area contributed by atoms with E-state index in [-0.39, 0.29) is 0 Å². The molecule has 0 saturated carbocycles. The van der Waals surface area contributed by atoms with Gasteiger partial charge in [0.05, 0.1) is 11.4 Å². The molecule has 0 aliphatic carbocycles. The highest BCUT2D eigenvalue weighted by Crippen LogP contribution is 2.33. The maximum atomic E-state index is 10.5. The lowest BCUT2D eigenvalue weighted by Gasteiger charge is -2.28. The van der Waals surface area contributed by atoms with E-state index >= 15 is 0 Å². The Morgan fingerprint density at radius 2 is 1.63 bits per heavy atom. The first-order chi connectivity index (χ1) is 8.91. The summed E-state index contributed by atoms with van der Waals surface area (Å²) in [4.78, 5) is 8.34. The molecule has 100 valence electrons. The number of pyridine rings is 2. The molecule has 0 bridgehead atoms. The number of aliphatic hydroxyl groups is 2. The normalized spacial score (nSPS) is 15.8. The molecule has 0 aliphatic rings. The number of aliphatic hydroxyl groups excluding tert-OH is 1. The fourth-order valence-electron chi connectivity index (χ4n) is 1.69. The van der Waals surface area contributed by atoms with E-state index < -0.39 is 11.7 Å². The van der Waals surface area contributed by atoms with Gasteiger partial charge in [0.2, 0.25) is 0 Å². The molecule has 6 heteroatoms. The molecular formula is C13H12Br2N2O2. The average molecular weight is 388 g/mol. The van der Waals surface area contributed by atoms with Gasteiger partial charge in [0.25, 0.3) is 0 Å². The van der Waals surface area contributed by atoms with Crippen LogP contribution in [0.1, 0.15) is 24.4 Å². The number of aromatic nitrogens is 2. The van der Waals surface area contributed by atoms with E-state index in [1.165, 1.54) is 6.92 Å². The molecule has 0 spiro atoms. The summed E-state index contributed by atoms with van der Waals surface area (Å²) >= 11 is 6.48. The summed E-state index contributed by atoms with van der Waals surface area (Å²) in [5, 5.41) is 20.9. The van der Waals surface area contributed by atoms with Crippen LogP contribution in [0.2, 0.25) is 0 Å². The minimum Gasteiger partial charge on any atom is -0.383 e. The third-order valence-corrected chi connectivity index (χ3v) is 3.67. The van der Waals surface area contributed by atoms with E-state index in [4.69, 9.17) is 0 Å². The van der Waals surface area contributed by atoms with Crippen LogP contribution in [0.3, 0.4) is 0 Å². The van der Waals surface area contributed by atoms with Crippen molar-refractivity contribution >= 4 is 31.9 Å². The zero-order chi connectivity index (χ0) is 14.0. The van der Waals surface area contributed by atoms with Gasteiger partial charge in [-0.3, -0.25) is 0 Å². The van der Waals surface area contributed by atoms with Gasteiger partial charge in [0.1, 0.15) is 20.9 Å². The number of halogens is 2. The number of hydrogen-bond acceptors (Lipinski definition) is 4. The number of nitrogens with zero attached hydrogens (tertiary/aromatic N) is 2. The van der Waals surface area contributed by atoms with Crippen molar-refractivity contribution in [3.63, 3.8) is 0 Å². The van der Waals surface area contributed by atoms with Gasteiger partial charge in [-0.2, -0.15) is 0 Å². The summed E-state index contributed by atoms with van der Waals surface area (Å²) in [6, 6.07) is 10.3. The fourth-order valence-corrected chi connectivity index (χ4v) is 2.40. The van der Waals surface area contributed by atoms with Crippen LogP contribution in [0.5, 0.6) is 0 Å². The van der Waals surface area contributed by atoms with Crippen molar-refractivity contribution < 1.29 is 10.2 Å². The third kappa shape index (κ3) is 3.20. The molecule has 2 rings (SSSR count). The Balaban J connectivity index is 2.38. The van der Waals surface area contributed by atoms with Gasteiger partial charge < -0.3 is 10.2 Å². The summed E-state index contributed by atoms with van der Waals surface area (Å²) in [6.45, 7) is 1.51. The van der Waals surface area contributed by atoms with Gasteiger partial charge in [0, 0.05) is 0 Å². The van der Waals surface area contributed by atoms with Crippen molar-refractivity contribution in [3.05, 3.63) is 57.0 Å². The Bertz CT molecular complexity index is 590. The average Bonchev–Trinajstić information content (AvgIpc) is 2.38. The van der Waals surface area contributed by atoms with E-state index in [0.29, 0.717) is 20.6 Å². The second kappa shape index (κ2) is 5.66. The van der Waals surface area contributed by atoms with Crippen molar-refractivity contribution in [1.29, 1.82) is 0 Å². The maximum absolute atomic E-state index is 10.5. The van der Waals surface area contributed by atoms with Crippen LogP contribution >= 0.6 is 31.9 Å². The van der Waals surface area contributed by atoms with Crippen LogP contribution in [-0.2, 0) is 5.60 Å². The zero-order valence-corrected chi connectivity index (χ0v) is 13.3. The largest absolute Gasteiger partial charge is 0.383 e. The van der Waals surface area contributed by atoms with Crippen LogP contribution in [-0.4, -0.2) is 20.2 Å². The monoisotopic (exact) mass is 386 g/mol. The smallest absolute Gasteiger partial charge is 0.135 e. The molecule has 2 heterocycles. The number of hydrogen-bond donors (Lipinski definition) is 2. The molecule has 4 nitrogen and oxygen atoms in total. The molecule has 0 amide bonds. The van der Waals surface area contributed by atoms with E-state index in [9.17, 15) is 10.2 Å². The molecule has 2 aromatic heterocycles. The first kappa shape index (κ1) is 14.6. The molecule has 0 aliphatic heterocycles. The highest BCUT2D eigenvalue weighted by atomic mass is 79.9. The van der Waals surface area contributed by atoms with Crippen LogP contribution in [0.25, 0.3) is 0 Å². The van der Waals surface area contributed by atoms with Gasteiger partial charge in [0.15, 0.2) is 0 Å². The second-order valence-corrected chi connectivity index (χ2v) is 5.91. The minimum absolute atomic E-state index is 0.371. The second-order valence-electron chi connectivity index (χ2n) is 4.28. The predicted molar refractivity (Wildman–Crippen MR) is 78.4 cm³/mol. The van der Waals surface area contributed by atoms with Gasteiger partial charge >= 0.3 is 0 Å². The van der Waals surface area contributed by atoms with Crippen molar-refractivity contribution in [3.8, 4) is 0 Å². The summed E-state index contributed by atoms with van der Waals surface area (Å²) in [7, 11) is 0. The molecule has 0 radical (unpaired) electrons. The fraction of sp³-hybridized carbons (Fsp3) is 0.231. The Hall–Kier alpha value is -0.820. The van der Waals surface area contributed by atoms with Crippen LogP contribution in [0.4, 0.5) is 0 Å². The topological polar surface area (TPSA) is 66.2 Å². The lowest BCUT2D eigenvalue weighted by molar-refractivity contribution is -0.0740.